The number of aryl methyl sites for hydroxylation is 1. The second kappa shape index (κ2) is 5.50. The van der Waals surface area contributed by atoms with Crippen LogP contribution in [0.15, 0.2) is 18.2 Å². The predicted octanol–water partition coefficient (Wildman–Crippen LogP) is 1.05. The third-order valence-corrected chi connectivity index (χ3v) is 3.50. The molecule has 18 heavy (non-hydrogen) atoms. The Kier molecular flexibility index (Phi) is 3.99. The Labute approximate surface area is 107 Å². The molecule has 1 aromatic carbocycles. The number of nitrogens with two attached hydrogens (primary N) is 1. The van der Waals surface area contributed by atoms with E-state index in [0.717, 1.165) is 38.0 Å². The van der Waals surface area contributed by atoms with Crippen LogP contribution >= 0.6 is 0 Å². The fourth-order valence-electron chi connectivity index (χ4n) is 2.44. The summed E-state index contributed by atoms with van der Waals surface area (Å²) in [6, 6.07) is 5.56. The summed E-state index contributed by atoms with van der Waals surface area (Å²) in [7, 11) is 0. The molecule has 1 aliphatic rings. The molecule has 0 spiro atoms. The molecule has 0 saturated carbocycles. The minimum atomic E-state index is -0.391. The molecule has 0 radical (unpaired) electrons. The van der Waals surface area contributed by atoms with E-state index in [1.165, 1.54) is 5.56 Å². The molecule has 1 aliphatic heterocycles. The molecule has 1 amide bonds. The van der Waals surface area contributed by atoms with E-state index >= 15 is 0 Å². The molecule has 1 aromatic rings. The number of hydrogen-bond donors (Lipinski definition) is 2. The summed E-state index contributed by atoms with van der Waals surface area (Å²) < 4.78 is 0. The zero-order valence-electron chi connectivity index (χ0n) is 10.7. The van der Waals surface area contributed by atoms with E-state index in [0.29, 0.717) is 5.56 Å². The van der Waals surface area contributed by atoms with Crippen LogP contribution < -0.4 is 5.73 Å². The van der Waals surface area contributed by atoms with Gasteiger partial charge in [-0.25, -0.2) is 0 Å². The summed E-state index contributed by atoms with van der Waals surface area (Å²) in [6.07, 6.45) is 1.74. The third kappa shape index (κ3) is 3.09. The van der Waals surface area contributed by atoms with Gasteiger partial charge < -0.3 is 10.8 Å². The molecule has 3 N–H and O–H groups in total. The van der Waals surface area contributed by atoms with Crippen molar-refractivity contribution in [3.63, 3.8) is 0 Å². The van der Waals surface area contributed by atoms with Crippen molar-refractivity contribution in [3.8, 4) is 0 Å². The van der Waals surface area contributed by atoms with E-state index in [1.807, 2.05) is 19.1 Å². The predicted molar refractivity (Wildman–Crippen MR) is 70.2 cm³/mol. The largest absolute Gasteiger partial charge is 0.392 e. The normalized spacial score (nSPS) is 20.9. The summed E-state index contributed by atoms with van der Waals surface area (Å²) in [4.78, 5) is 13.3. The number of aliphatic hydroxyl groups excluding tert-OH is 1. The van der Waals surface area contributed by atoms with Gasteiger partial charge in [-0.15, -0.1) is 0 Å². The zero-order valence-corrected chi connectivity index (χ0v) is 10.7. The number of primary amides is 1. The van der Waals surface area contributed by atoms with Crippen molar-refractivity contribution in [1.29, 1.82) is 0 Å². The number of likely N-dealkylation sites (tertiary alicyclic amines) is 1. The smallest absolute Gasteiger partial charge is 0.248 e. The number of rotatable bonds is 3. The SMILES string of the molecule is Cc1cc(C(N)=O)ccc1CN1CCC[C@H](O)C1. The zero-order chi connectivity index (χ0) is 13.1. The lowest BCUT2D eigenvalue weighted by molar-refractivity contribution is 0.0667. The van der Waals surface area contributed by atoms with Gasteiger partial charge in [0.15, 0.2) is 0 Å². The number of hydrogen-bond acceptors (Lipinski definition) is 3. The topological polar surface area (TPSA) is 66.6 Å². The first-order chi connectivity index (χ1) is 8.56. The number of nitrogens with zero attached hydrogens (tertiary/aromatic N) is 1. The van der Waals surface area contributed by atoms with Crippen molar-refractivity contribution >= 4 is 5.91 Å². The molecule has 0 aromatic heterocycles. The average Bonchev–Trinajstić information content (AvgIpc) is 2.31. The summed E-state index contributed by atoms with van der Waals surface area (Å²) in [5, 5.41) is 9.64. The minimum absolute atomic E-state index is 0.205. The number of β-amino-alcohol motifs (C(OH)–C–C–N with tert-alkyl or cyclic N) is 1. The Morgan fingerprint density at radius 3 is 2.94 bits per heavy atom. The lowest BCUT2D eigenvalue weighted by atomic mass is 10.0. The lowest BCUT2D eigenvalue weighted by Crippen LogP contribution is -2.37. The maximum atomic E-state index is 11.1. The first-order valence-corrected chi connectivity index (χ1v) is 6.36. The number of carbonyl (C=O) groups is 1. The monoisotopic (exact) mass is 248 g/mol. The molecule has 4 heteroatoms. The van der Waals surface area contributed by atoms with Gasteiger partial charge in [-0.3, -0.25) is 9.69 Å². The van der Waals surface area contributed by atoms with E-state index < -0.39 is 5.91 Å². The van der Waals surface area contributed by atoms with Crippen LogP contribution in [0.3, 0.4) is 0 Å². The molecule has 1 fully saturated rings. The maximum Gasteiger partial charge on any atom is 0.248 e. The Balaban J connectivity index is 2.07. The molecule has 1 saturated heterocycles. The van der Waals surface area contributed by atoms with Gasteiger partial charge in [0.1, 0.15) is 0 Å². The molecule has 1 heterocycles. The number of aliphatic hydroxyl groups is 1. The van der Waals surface area contributed by atoms with Gasteiger partial charge >= 0.3 is 0 Å². The average molecular weight is 248 g/mol. The van der Waals surface area contributed by atoms with Crippen LogP contribution in [0.4, 0.5) is 0 Å². The van der Waals surface area contributed by atoms with Crippen LogP contribution in [0.2, 0.25) is 0 Å². The van der Waals surface area contributed by atoms with Crippen LogP contribution in [0.1, 0.15) is 34.3 Å². The van der Waals surface area contributed by atoms with Crippen molar-refractivity contribution in [2.45, 2.75) is 32.4 Å². The standard InChI is InChI=1S/C14H20N2O2/c1-10-7-11(14(15)18)4-5-12(10)8-16-6-2-3-13(17)9-16/h4-5,7,13,17H,2-3,6,8-9H2,1H3,(H2,15,18)/t13-/m0/s1. The highest BCUT2D eigenvalue weighted by Crippen LogP contribution is 2.17. The summed E-state index contributed by atoms with van der Waals surface area (Å²) in [6.45, 7) is 4.56. The van der Waals surface area contributed by atoms with E-state index in [-0.39, 0.29) is 6.10 Å². The molecule has 0 aliphatic carbocycles. The summed E-state index contributed by atoms with van der Waals surface area (Å²) in [5.41, 5.74) is 8.07. The second-order valence-electron chi connectivity index (χ2n) is 5.04. The lowest BCUT2D eigenvalue weighted by Gasteiger charge is -2.30. The molecule has 0 bridgehead atoms. The highest BCUT2D eigenvalue weighted by atomic mass is 16.3. The number of amides is 1. The Morgan fingerprint density at radius 2 is 2.33 bits per heavy atom. The van der Waals surface area contributed by atoms with Crippen molar-refractivity contribution in [2.24, 2.45) is 5.73 Å². The summed E-state index contributed by atoms with van der Waals surface area (Å²) in [5.74, 6) is -0.391. The molecular weight excluding hydrogens is 228 g/mol. The van der Waals surface area contributed by atoms with Crippen LogP contribution in [-0.4, -0.2) is 35.1 Å². The quantitative estimate of drug-likeness (QED) is 0.840. The van der Waals surface area contributed by atoms with E-state index in [9.17, 15) is 9.90 Å². The van der Waals surface area contributed by atoms with Crippen molar-refractivity contribution in [2.75, 3.05) is 13.1 Å². The molecular formula is C14H20N2O2. The van der Waals surface area contributed by atoms with E-state index in [4.69, 9.17) is 5.73 Å². The fraction of sp³-hybridized carbons (Fsp3) is 0.500. The first kappa shape index (κ1) is 13.1. The third-order valence-electron chi connectivity index (χ3n) is 3.50. The molecule has 2 rings (SSSR count). The minimum Gasteiger partial charge on any atom is -0.392 e. The van der Waals surface area contributed by atoms with Crippen LogP contribution in [-0.2, 0) is 6.54 Å². The van der Waals surface area contributed by atoms with Gasteiger partial charge in [0, 0.05) is 18.7 Å². The van der Waals surface area contributed by atoms with E-state index in [2.05, 4.69) is 4.90 Å². The van der Waals surface area contributed by atoms with Gasteiger partial charge in [0.05, 0.1) is 6.10 Å². The van der Waals surface area contributed by atoms with Gasteiger partial charge in [-0.05, 0) is 49.6 Å². The van der Waals surface area contributed by atoms with Crippen molar-refractivity contribution in [3.05, 3.63) is 34.9 Å². The Bertz CT molecular complexity index is 445. The second-order valence-corrected chi connectivity index (χ2v) is 5.04. The highest BCUT2D eigenvalue weighted by Gasteiger charge is 2.18. The molecule has 1 atom stereocenters. The molecule has 98 valence electrons. The Hall–Kier alpha value is -1.39. The van der Waals surface area contributed by atoms with Gasteiger partial charge in [-0.2, -0.15) is 0 Å². The van der Waals surface area contributed by atoms with E-state index in [1.54, 1.807) is 6.07 Å². The molecule has 0 unspecified atom stereocenters. The van der Waals surface area contributed by atoms with Gasteiger partial charge in [-0.1, -0.05) is 6.07 Å². The fourth-order valence-corrected chi connectivity index (χ4v) is 2.44. The number of piperidine rings is 1. The summed E-state index contributed by atoms with van der Waals surface area (Å²) >= 11 is 0. The van der Waals surface area contributed by atoms with Crippen molar-refractivity contribution in [1.82, 2.24) is 4.90 Å². The van der Waals surface area contributed by atoms with Gasteiger partial charge in [0.25, 0.3) is 0 Å². The van der Waals surface area contributed by atoms with Crippen molar-refractivity contribution < 1.29 is 9.90 Å². The van der Waals surface area contributed by atoms with Crippen LogP contribution in [0, 0.1) is 6.92 Å². The molecule has 4 nitrogen and oxygen atoms in total. The van der Waals surface area contributed by atoms with Crippen LogP contribution in [0.25, 0.3) is 0 Å². The number of benzene rings is 1. The van der Waals surface area contributed by atoms with Gasteiger partial charge in [0.2, 0.25) is 5.91 Å². The van der Waals surface area contributed by atoms with Crippen LogP contribution in [0.5, 0.6) is 0 Å². The first-order valence-electron chi connectivity index (χ1n) is 6.36. The number of carbonyl (C=O) groups excluding carboxylic acids is 1. The highest BCUT2D eigenvalue weighted by molar-refractivity contribution is 5.93. The maximum absolute atomic E-state index is 11.1. The Morgan fingerprint density at radius 1 is 1.56 bits per heavy atom.